The number of nitrogens with zero attached hydrogens (tertiary/aromatic N) is 4. The number of aromatic nitrogens is 4. The van der Waals surface area contributed by atoms with Gasteiger partial charge in [0.2, 0.25) is 0 Å². The summed E-state index contributed by atoms with van der Waals surface area (Å²) in [5.41, 5.74) is 3.45. The van der Waals surface area contributed by atoms with E-state index >= 15 is 0 Å². The molecule has 0 saturated carbocycles. The summed E-state index contributed by atoms with van der Waals surface area (Å²) in [6, 6.07) is 0. The summed E-state index contributed by atoms with van der Waals surface area (Å²) in [4.78, 5) is 11.9. The number of aromatic amines is 2. The first-order chi connectivity index (χ1) is 24.6. The fourth-order valence-corrected chi connectivity index (χ4v) is 8.23. The summed E-state index contributed by atoms with van der Waals surface area (Å²) < 4.78 is 4.61. The molecule has 6 heteroatoms. The lowest BCUT2D eigenvalue weighted by molar-refractivity contribution is -0.702. The molecule has 0 unspecified atom stereocenters. The summed E-state index contributed by atoms with van der Waals surface area (Å²) in [5, 5.41) is 0. The maximum atomic E-state index is 3.21. The Labute approximate surface area is 309 Å². The first-order valence-corrected chi connectivity index (χ1v) is 21.9. The largest absolute Gasteiger partial charge is 0.353 e. The van der Waals surface area contributed by atoms with Crippen LogP contribution in [0.3, 0.4) is 0 Å². The van der Waals surface area contributed by atoms with E-state index in [4.69, 9.17) is 0 Å². The molecule has 0 amide bonds. The van der Waals surface area contributed by atoms with Crippen LogP contribution < -0.4 is 9.13 Å². The summed E-state index contributed by atoms with van der Waals surface area (Å²) in [6.45, 7) is 16.2. The third kappa shape index (κ3) is 16.0. The van der Waals surface area contributed by atoms with Crippen molar-refractivity contribution in [3.8, 4) is 0 Å². The zero-order valence-electron chi connectivity index (χ0n) is 33.9. The van der Waals surface area contributed by atoms with Crippen molar-refractivity contribution < 1.29 is 9.13 Å². The molecule has 2 aliphatic heterocycles. The first-order valence-electron chi connectivity index (χ1n) is 21.9. The highest BCUT2D eigenvalue weighted by atomic mass is 15.4. The lowest BCUT2D eigenvalue weighted by Crippen LogP contribution is -2.38. The quantitative estimate of drug-likeness (QED) is 0.120. The lowest BCUT2D eigenvalue weighted by atomic mass is 10.0. The van der Waals surface area contributed by atoms with E-state index in [0.29, 0.717) is 6.17 Å². The van der Waals surface area contributed by atoms with Crippen molar-refractivity contribution in [2.24, 2.45) is 0 Å². The molecule has 0 atom stereocenters. The number of aryl methyl sites for hydroxylation is 4. The van der Waals surface area contributed by atoms with Gasteiger partial charge in [0, 0.05) is 38.3 Å². The lowest BCUT2D eigenvalue weighted by Gasteiger charge is -2.31. The zero-order valence-corrected chi connectivity index (χ0v) is 33.9. The van der Waals surface area contributed by atoms with Crippen molar-refractivity contribution in [2.45, 2.75) is 221 Å². The third-order valence-corrected chi connectivity index (χ3v) is 11.5. The second-order valence-corrected chi connectivity index (χ2v) is 15.7. The molecule has 2 aromatic heterocycles. The molecule has 3 aliphatic rings. The maximum Gasteiger partial charge on any atom is 0.251 e. The van der Waals surface area contributed by atoms with Crippen LogP contribution in [0.5, 0.6) is 0 Å². The number of fused-ring (bicyclic) bond motifs is 4. The van der Waals surface area contributed by atoms with Gasteiger partial charge in [0.25, 0.3) is 11.6 Å². The van der Waals surface area contributed by atoms with Gasteiger partial charge in [0.05, 0.1) is 19.3 Å². The van der Waals surface area contributed by atoms with Gasteiger partial charge in [-0.3, -0.25) is 0 Å². The highest BCUT2D eigenvalue weighted by Crippen LogP contribution is 2.38. The predicted molar refractivity (Wildman–Crippen MR) is 213 cm³/mol. The molecule has 2 N–H and O–H groups in total. The minimum Gasteiger partial charge on any atom is -0.353 e. The van der Waals surface area contributed by atoms with Gasteiger partial charge in [-0.2, -0.15) is 0 Å². The molecule has 6 nitrogen and oxygen atoms in total. The van der Waals surface area contributed by atoms with Crippen LogP contribution in [0, 0.1) is 13.8 Å². The minimum absolute atomic E-state index is 0.645. The Kier molecular flexibility index (Phi) is 22.4. The molecule has 5 rings (SSSR count). The van der Waals surface area contributed by atoms with E-state index < -0.39 is 0 Å². The van der Waals surface area contributed by atoms with Gasteiger partial charge in [-0.1, -0.05) is 117 Å². The Hall–Kier alpha value is -2.24. The highest BCUT2D eigenvalue weighted by molar-refractivity contribution is 5.21. The molecule has 0 aromatic carbocycles. The van der Waals surface area contributed by atoms with Crippen LogP contribution in [0.25, 0.3) is 0 Å². The van der Waals surface area contributed by atoms with E-state index in [-0.39, 0.29) is 0 Å². The highest BCUT2D eigenvalue weighted by Gasteiger charge is 2.34. The van der Waals surface area contributed by atoms with Crippen LogP contribution in [-0.2, 0) is 13.1 Å². The van der Waals surface area contributed by atoms with Crippen LogP contribution in [0.15, 0.2) is 36.2 Å². The van der Waals surface area contributed by atoms with Crippen LogP contribution >= 0.6 is 0 Å². The maximum absolute atomic E-state index is 3.21. The average Bonchev–Trinajstić information content (AvgIpc) is 3.80. The molecule has 2 aromatic rings. The fraction of sp³-hybridized carbons (Fsp3) is 0.818. The van der Waals surface area contributed by atoms with Gasteiger partial charge < -0.3 is 9.80 Å². The number of nitrogens with one attached hydrogen (secondary N) is 2. The molecule has 1 fully saturated rings. The van der Waals surface area contributed by atoms with Crippen molar-refractivity contribution in [2.75, 3.05) is 13.1 Å². The second kappa shape index (κ2) is 26.5. The van der Waals surface area contributed by atoms with Gasteiger partial charge in [0.15, 0.2) is 0 Å². The fourth-order valence-electron chi connectivity index (χ4n) is 8.23. The smallest absolute Gasteiger partial charge is 0.251 e. The number of rotatable bonds is 18. The van der Waals surface area contributed by atoms with Crippen LogP contribution in [0.2, 0.25) is 0 Å². The number of imidazole rings is 2. The normalized spacial score (nSPS) is 16.7. The topological polar surface area (TPSA) is 45.8 Å². The molecule has 1 aliphatic carbocycles. The first kappa shape index (κ1) is 42.2. The standard InChI is InChI=1S/C16H28N2.2C14H26N2/c1-14-17-12-8-4-5-9-13-18(14)16-11-7-3-2-6-10-15(16)17;2*1-3-4-5-6-7-8-9-10-12-16-13-11-15-14(16)2/h14H,2-13H2,1H3;2*11,13H,3-10,12H2,1-2H3/p+2. The number of allylic oxidation sites excluding steroid dienone is 2. The summed E-state index contributed by atoms with van der Waals surface area (Å²) in [6.07, 6.45) is 45.3. The Balaban J connectivity index is 0.000000204. The Morgan fingerprint density at radius 1 is 0.520 bits per heavy atom. The van der Waals surface area contributed by atoms with E-state index in [1.807, 2.05) is 12.4 Å². The van der Waals surface area contributed by atoms with Crippen LogP contribution in [-0.4, -0.2) is 39.0 Å². The third-order valence-electron chi connectivity index (χ3n) is 11.5. The van der Waals surface area contributed by atoms with Gasteiger partial charge in [-0.05, 0) is 71.1 Å². The molecule has 4 heterocycles. The summed E-state index contributed by atoms with van der Waals surface area (Å²) >= 11 is 0. The second-order valence-electron chi connectivity index (χ2n) is 15.7. The summed E-state index contributed by atoms with van der Waals surface area (Å²) in [7, 11) is 0. The number of unbranched alkanes of at least 4 members (excludes halogenated alkanes) is 14. The van der Waals surface area contributed by atoms with E-state index in [0.717, 1.165) is 0 Å². The van der Waals surface area contributed by atoms with Crippen molar-refractivity contribution in [1.82, 2.24) is 19.8 Å². The molecular formula is C44H82N6+2. The van der Waals surface area contributed by atoms with Crippen LogP contribution in [0.4, 0.5) is 0 Å². The molecule has 286 valence electrons. The van der Waals surface area contributed by atoms with Crippen molar-refractivity contribution in [1.29, 1.82) is 0 Å². The van der Waals surface area contributed by atoms with Crippen LogP contribution in [0.1, 0.15) is 199 Å². The zero-order chi connectivity index (χ0) is 35.7. The SMILES string of the molecule is CC1N2CCCCCCN1C1=C2CCCCCC1.CCCCCCCCCC[n+]1cc[nH]c1C.CCCCCCCCCC[n+]1cc[nH]c1C. The monoisotopic (exact) mass is 695 g/mol. The van der Waals surface area contributed by atoms with Gasteiger partial charge in [-0.15, -0.1) is 0 Å². The van der Waals surface area contributed by atoms with E-state index in [2.05, 4.69) is 75.9 Å². The molecule has 50 heavy (non-hydrogen) atoms. The molecule has 2 bridgehead atoms. The Morgan fingerprint density at radius 3 is 1.24 bits per heavy atom. The number of hydrogen-bond donors (Lipinski definition) is 2. The Morgan fingerprint density at radius 2 is 0.880 bits per heavy atom. The number of H-pyrrole nitrogens is 2. The van der Waals surface area contributed by atoms with E-state index in [9.17, 15) is 0 Å². The van der Waals surface area contributed by atoms with Gasteiger partial charge in [0.1, 0.15) is 24.8 Å². The van der Waals surface area contributed by atoms with Crippen molar-refractivity contribution in [3.05, 3.63) is 47.8 Å². The van der Waals surface area contributed by atoms with Crippen molar-refractivity contribution >= 4 is 0 Å². The predicted octanol–water partition coefficient (Wildman–Crippen LogP) is 11.6. The van der Waals surface area contributed by atoms with E-state index in [1.54, 1.807) is 11.4 Å². The molecule has 0 radical (unpaired) electrons. The number of hydrogen-bond acceptors (Lipinski definition) is 2. The molecule has 1 saturated heterocycles. The van der Waals surface area contributed by atoms with E-state index in [1.165, 1.54) is 205 Å². The van der Waals surface area contributed by atoms with Crippen molar-refractivity contribution in [3.63, 3.8) is 0 Å². The summed E-state index contributed by atoms with van der Waals surface area (Å²) in [5.74, 6) is 2.53. The Bertz CT molecular complexity index is 1040. The molecular weight excluding hydrogens is 613 g/mol. The minimum atomic E-state index is 0.645. The average molecular weight is 695 g/mol. The molecule has 0 spiro atoms. The van der Waals surface area contributed by atoms with Gasteiger partial charge >= 0.3 is 0 Å². The van der Waals surface area contributed by atoms with Gasteiger partial charge in [-0.25, -0.2) is 19.1 Å².